The maximum absolute atomic E-state index is 11.6. The number of nitrogens with one attached hydrogen (secondary N) is 1. The molecule has 1 N–H and O–H groups in total. The van der Waals surface area contributed by atoms with Gasteiger partial charge in [0.2, 0.25) is 10.0 Å². The van der Waals surface area contributed by atoms with Crippen molar-refractivity contribution >= 4 is 10.0 Å². The number of hydrogen-bond acceptors (Lipinski definition) is 3. The maximum atomic E-state index is 11.6. The Kier molecular flexibility index (Phi) is 4.75. The first-order valence-corrected chi connectivity index (χ1v) is 7.40. The van der Waals surface area contributed by atoms with Gasteiger partial charge in [0.05, 0.1) is 6.07 Å². The summed E-state index contributed by atoms with van der Waals surface area (Å²) in [7, 11) is -3.44. The molecular formula is C11H20N2O2S. The highest BCUT2D eigenvalue weighted by Gasteiger charge is 2.25. The molecule has 0 saturated heterocycles. The van der Waals surface area contributed by atoms with Crippen LogP contribution in [0.15, 0.2) is 0 Å². The van der Waals surface area contributed by atoms with Crippen molar-refractivity contribution in [2.45, 2.75) is 44.8 Å². The number of hydrogen-bond donors (Lipinski definition) is 1. The molecule has 4 nitrogen and oxygen atoms in total. The van der Waals surface area contributed by atoms with Gasteiger partial charge in [-0.3, -0.25) is 0 Å². The van der Waals surface area contributed by atoms with Gasteiger partial charge in [0.15, 0.2) is 5.25 Å². The summed E-state index contributed by atoms with van der Waals surface area (Å²) in [4.78, 5) is 0. The van der Waals surface area contributed by atoms with Gasteiger partial charge in [-0.1, -0.05) is 26.2 Å². The standard InChI is InChI=1S/C11H20N2O2S/c1-9-5-3-4-6-11(9)8-13-16(14,15)10(2)7-12/h9-11,13H,3-6,8H2,1-2H3. The van der Waals surface area contributed by atoms with Crippen molar-refractivity contribution in [2.75, 3.05) is 6.54 Å². The lowest BCUT2D eigenvalue weighted by molar-refractivity contribution is 0.257. The monoisotopic (exact) mass is 244 g/mol. The molecule has 16 heavy (non-hydrogen) atoms. The van der Waals surface area contributed by atoms with Crippen LogP contribution in [0.2, 0.25) is 0 Å². The lowest BCUT2D eigenvalue weighted by atomic mass is 9.81. The van der Waals surface area contributed by atoms with E-state index in [1.165, 1.54) is 26.2 Å². The Morgan fingerprint density at radius 3 is 2.62 bits per heavy atom. The first-order valence-electron chi connectivity index (χ1n) is 5.85. The Labute approximate surface area is 98.1 Å². The molecule has 1 rings (SSSR count). The number of sulfonamides is 1. The first-order chi connectivity index (χ1) is 7.47. The van der Waals surface area contributed by atoms with Crippen LogP contribution in [0.3, 0.4) is 0 Å². The van der Waals surface area contributed by atoms with Gasteiger partial charge >= 0.3 is 0 Å². The van der Waals surface area contributed by atoms with Gasteiger partial charge in [0.1, 0.15) is 0 Å². The highest BCUT2D eigenvalue weighted by molar-refractivity contribution is 7.90. The van der Waals surface area contributed by atoms with E-state index in [9.17, 15) is 8.42 Å². The van der Waals surface area contributed by atoms with Crippen LogP contribution in [0.4, 0.5) is 0 Å². The van der Waals surface area contributed by atoms with Crippen LogP contribution in [-0.2, 0) is 10.0 Å². The van der Waals surface area contributed by atoms with Gasteiger partial charge in [-0.2, -0.15) is 5.26 Å². The van der Waals surface area contributed by atoms with Crippen molar-refractivity contribution in [3.8, 4) is 6.07 Å². The van der Waals surface area contributed by atoms with Crippen LogP contribution < -0.4 is 4.72 Å². The number of rotatable bonds is 4. The van der Waals surface area contributed by atoms with Gasteiger partial charge in [0, 0.05) is 6.54 Å². The summed E-state index contributed by atoms with van der Waals surface area (Å²) in [6.45, 7) is 4.06. The zero-order valence-electron chi connectivity index (χ0n) is 9.94. The minimum absolute atomic E-state index is 0.425. The Balaban J connectivity index is 2.48. The topological polar surface area (TPSA) is 70.0 Å². The molecular weight excluding hydrogens is 224 g/mol. The second-order valence-electron chi connectivity index (χ2n) is 4.69. The van der Waals surface area contributed by atoms with Crippen LogP contribution >= 0.6 is 0 Å². The van der Waals surface area contributed by atoms with Crippen molar-refractivity contribution in [1.29, 1.82) is 5.26 Å². The molecule has 5 heteroatoms. The normalized spacial score (nSPS) is 28.3. The maximum Gasteiger partial charge on any atom is 0.227 e. The fourth-order valence-electron chi connectivity index (χ4n) is 2.11. The highest BCUT2D eigenvalue weighted by Crippen LogP contribution is 2.29. The van der Waals surface area contributed by atoms with Gasteiger partial charge in [-0.15, -0.1) is 0 Å². The molecule has 0 spiro atoms. The summed E-state index contributed by atoms with van der Waals surface area (Å²) in [5.74, 6) is 1.00. The van der Waals surface area contributed by atoms with E-state index in [1.807, 2.05) is 0 Å². The molecule has 1 aliphatic carbocycles. The molecule has 0 aromatic carbocycles. The summed E-state index contributed by atoms with van der Waals surface area (Å²) in [5, 5.41) is 7.62. The Morgan fingerprint density at radius 1 is 1.44 bits per heavy atom. The number of nitrogens with zero attached hydrogens (tertiary/aromatic N) is 1. The molecule has 0 radical (unpaired) electrons. The summed E-state index contributed by atoms with van der Waals surface area (Å²) in [6.07, 6.45) is 4.70. The average Bonchev–Trinajstić information content (AvgIpc) is 2.27. The van der Waals surface area contributed by atoms with Crippen molar-refractivity contribution in [1.82, 2.24) is 4.72 Å². The van der Waals surface area contributed by atoms with E-state index in [1.54, 1.807) is 6.07 Å². The fraction of sp³-hybridized carbons (Fsp3) is 0.909. The lowest BCUT2D eigenvalue weighted by Gasteiger charge is -2.28. The molecule has 1 saturated carbocycles. The molecule has 0 aliphatic heterocycles. The molecule has 1 fully saturated rings. The molecule has 0 aromatic rings. The van der Waals surface area contributed by atoms with Crippen LogP contribution in [0.5, 0.6) is 0 Å². The molecule has 92 valence electrons. The van der Waals surface area contributed by atoms with E-state index in [2.05, 4.69) is 11.6 Å². The van der Waals surface area contributed by atoms with Crippen LogP contribution in [0, 0.1) is 23.2 Å². The molecule has 3 atom stereocenters. The molecule has 0 bridgehead atoms. The third kappa shape index (κ3) is 3.46. The van der Waals surface area contributed by atoms with E-state index in [0.29, 0.717) is 18.4 Å². The summed E-state index contributed by atoms with van der Waals surface area (Å²) in [6, 6.07) is 1.75. The molecule has 0 aromatic heterocycles. The summed E-state index contributed by atoms with van der Waals surface area (Å²) in [5.41, 5.74) is 0. The van der Waals surface area contributed by atoms with Gasteiger partial charge in [-0.25, -0.2) is 13.1 Å². The lowest BCUT2D eigenvalue weighted by Crippen LogP contribution is -2.37. The predicted molar refractivity (Wildman–Crippen MR) is 63.1 cm³/mol. The van der Waals surface area contributed by atoms with Crippen LogP contribution in [0.25, 0.3) is 0 Å². The highest BCUT2D eigenvalue weighted by atomic mass is 32.2. The van der Waals surface area contributed by atoms with Crippen molar-refractivity contribution in [3.63, 3.8) is 0 Å². The third-order valence-electron chi connectivity index (χ3n) is 3.48. The van der Waals surface area contributed by atoms with Crippen LogP contribution in [-0.4, -0.2) is 20.2 Å². The second-order valence-corrected chi connectivity index (χ2v) is 6.77. The number of nitriles is 1. The van der Waals surface area contributed by atoms with Gasteiger partial charge in [0.25, 0.3) is 0 Å². The van der Waals surface area contributed by atoms with Crippen molar-refractivity contribution < 1.29 is 8.42 Å². The Hall–Kier alpha value is -0.600. The average molecular weight is 244 g/mol. The Morgan fingerprint density at radius 2 is 2.06 bits per heavy atom. The molecule has 3 unspecified atom stereocenters. The quantitative estimate of drug-likeness (QED) is 0.817. The zero-order valence-corrected chi connectivity index (χ0v) is 10.8. The van der Waals surface area contributed by atoms with E-state index >= 15 is 0 Å². The predicted octanol–water partition coefficient (Wildman–Crippen LogP) is 1.64. The SMILES string of the molecule is CC1CCCCC1CNS(=O)(=O)C(C)C#N. The summed E-state index contributed by atoms with van der Waals surface area (Å²) >= 11 is 0. The van der Waals surface area contributed by atoms with E-state index in [0.717, 1.165) is 6.42 Å². The van der Waals surface area contributed by atoms with Crippen LogP contribution in [0.1, 0.15) is 39.5 Å². The van der Waals surface area contributed by atoms with Gasteiger partial charge < -0.3 is 0 Å². The minimum Gasteiger partial charge on any atom is -0.214 e. The van der Waals surface area contributed by atoms with Crippen molar-refractivity contribution in [2.24, 2.45) is 11.8 Å². The smallest absolute Gasteiger partial charge is 0.214 e. The van der Waals surface area contributed by atoms with E-state index in [4.69, 9.17) is 5.26 Å². The first kappa shape index (κ1) is 13.5. The molecule has 0 heterocycles. The summed E-state index contributed by atoms with van der Waals surface area (Å²) < 4.78 is 25.7. The van der Waals surface area contributed by atoms with E-state index < -0.39 is 15.3 Å². The minimum atomic E-state index is -3.44. The molecule has 0 amide bonds. The van der Waals surface area contributed by atoms with Gasteiger partial charge in [-0.05, 0) is 25.2 Å². The Bertz CT molecular complexity index is 359. The van der Waals surface area contributed by atoms with E-state index in [-0.39, 0.29) is 0 Å². The molecule has 1 aliphatic rings. The largest absolute Gasteiger partial charge is 0.227 e. The fourth-order valence-corrected chi connectivity index (χ4v) is 2.95. The van der Waals surface area contributed by atoms with Crippen molar-refractivity contribution in [3.05, 3.63) is 0 Å². The zero-order chi connectivity index (χ0) is 12.2. The second kappa shape index (κ2) is 5.65. The third-order valence-corrected chi connectivity index (χ3v) is 5.09.